The highest BCUT2D eigenvalue weighted by Crippen LogP contribution is 2.24. The molecule has 0 spiro atoms. The van der Waals surface area contributed by atoms with Crippen LogP contribution in [0.1, 0.15) is 18.3 Å². The number of rotatable bonds is 4. The van der Waals surface area contributed by atoms with Crippen molar-refractivity contribution in [2.75, 3.05) is 0 Å². The minimum absolute atomic E-state index is 0.103. The van der Waals surface area contributed by atoms with Crippen molar-refractivity contribution in [3.8, 4) is 5.75 Å². The Kier molecular flexibility index (Phi) is 4.19. The van der Waals surface area contributed by atoms with Crippen molar-refractivity contribution < 1.29 is 13.5 Å². The number of ether oxygens (including phenoxy) is 1. The molecule has 0 radical (unpaired) electrons. The van der Waals surface area contributed by atoms with Crippen molar-refractivity contribution in [1.82, 2.24) is 9.78 Å². The summed E-state index contributed by atoms with van der Waals surface area (Å²) in [6.45, 7) is 4.61. The highest BCUT2D eigenvalue weighted by Gasteiger charge is 2.14. The van der Waals surface area contributed by atoms with Crippen LogP contribution in [0.3, 0.4) is 0 Å². The Balaban J connectivity index is 2.21. The average molecular weight is 331 g/mol. The Morgan fingerprint density at radius 1 is 1.37 bits per heavy atom. The number of hydrogen-bond acceptors (Lipinski definition) is 2. The molecule has 102 valence electrons. The smallest absolute Gasteiger partial charge is 0.200 e. The lowest BCUT2D eigenvalue weighted by Crippen LogP contribution is -2.07. The Hall–Kier alpha value is -1.43. The van der Waals surface area contributed by atoms with E-state index in [-0.39, 0.29) is 12.4 Å². The first-order chi connectivity index (χ1) is 9.04. The molecule has 0 unspecified atom stereocenters. The summed E-state index contributed by atoms with van der Waals surface area (Å²) >= 11 is 3.42. The Morgan fingerprint density at radius 2 is 2.11 bits per heavy atom. The second-order valence-corrected chi connectivity index (χ2v) is 4.80. The van der Waals surface area contributed by atoms with Crippen LogP contribution in [0.5, 0.6) is 5.75 Å². The van der Waals surface area contributed by atoms with Gasteiger partial charge in [0.1, 0.15) is 6.61 Å². The lowest BCUT2D eigenvalue weighted by Gasteiger charge is -2.09. The molecule has 0 saturated carbocycles. The standard InChI is InChI=1S/C13H13BrF2N2O/c1-3-18-10(12(14)8(2)17-18)7-19-11-6-4-5-9(15)13(11)16/h4-6H,3,7H2,1-2H3. The van der Waals surface area contributed by atoms with Gasteiger partial charge in [0, 0.05) is 6.54 Å². The molecule has 0 aliphatic heterocycles. The Bertz CT molecular complexity index is 599. The summed E-state index contributed by atoms with van der Waals surface area (Å²) in [6, 6.07) is 3.86. The normalized spacial score (nSPS) is 10.8. The topological polar surface area (TPSA) is 27.1 Å². The van der Waals surface area contributed by atoms with Gasteiger partial charge >= 0.3 is 0 Å². The van der Waals surface area contributed by atoms with Gasteiger partial charge in [0.25, 0.3) is 0 Å². The van der Waals surface area contributed by atoms with Crippen LogP contribution in [0.15, 0.2) is 22.7 Å². The van der Waals surface area contributed by atoms with E-state index >= 15 is 0 Å². The molecule has 0 amide bonds. The predicted molar refractivity (Wildman–Crippen MR) is 71.0 cm³/mol. The fraction of sp³-hybridized carbons (Fsp3) is 0.308. The number of aromatic nitrogens is 2. The highest BCUT2D eigenvalue weighted by atomic mass is 79.9. The maximum Gasteiger partial charge on any atom is 0.200 e. The largest absolute Gasteiger partial charge is 0.484 e. The maximum absolute atomic E-state index is 13.5. The molecule has 6 heteroatoms. The Morgan fingerprint density at radius 3 is 2.79 bits per heavy atom. The van der Waals surface area contributed by atoms with Gasteiger partial charge in [-0.1, -0.05) is 6.07 Å². The average Bonchev–Trinajstić information content (AvgIpc) is 2.67. The molecule has 1 aromatic heterocycles. The van der Waals surface area contributed by atoms with Crippen LogP contribution in [0, 0.1) is 18.6 Å². The fourth-order valence-corrected chi connectivity index (χ4v) is 2.15. The molecule has 0 fully saturated rings. The van der Waals surface area contributed by atoms with Crippen LogP contribution < -0.4 is 4.74 Å². The minimum atomic E-state index is -0.974. The van der Waals surface area contributed by atoms with Crippen molar-refractivity contribution >= 4 is 15.9 Å². The van der Waals surface area contributed by atoms with Crippen LogP contribution in [-0.2, 0) is 13.2 Å². The van der Waals surface area contributed by atoms with Crippen LogP contribution in [-0.4, -0.2) is 9.78 Å². The summed E-state index contributed by atoms with van der Waals surface area (Å²) in [5.41, 5.74) is 1.63. The van der Waals surface area contributed by atoms with Gasteiger partial charge in [0.15, 0.2) is 11.6 Å². The van der Waals surface area contributed by atoms with Gasteiger partial charge in [-0.3, -0.25) is 4.68 Å². The summed E-state index contributed by atoms with van der Waals surface area (Å²) in [6.07, 6.45) is 0. The molecular formula is C13H13BrF2N2O. The van der Waals surface area contributed by atoms with Crippen molar-refractivity contribution in [3.63, 3.8) is 0 Å². The van der Waals surface area contributed by atoms with Crippen molar-refractivity contribution in [2.24, 2.45) is 0 Å². The minimum Gasteiger partial charge on any atom is -0.484 e. The van der Waals surface area contributed by atoms with Crippen molar-refractivity contribution in [3.05, 3.63) is 45.7 Å². The van der Waals surface area contributed by atoms with Crippen LogP contribution in [0.2, 0.25) is 0 Å². The fourth-order valence-electron chi connectivity index (χ4n) is 1.75. The number of hydrogen-bond donors (Lipinski definition) is 0. The lowest BCUT2D eigenvalue weighted by atomic mass is 10.3. The van der Waals surface area contributed by atoms with Crippen LogP contribution >= 0.6 is 15.9 Å². The van der Waals surface area contributed by atoms with E-state index in [1.807, 2.05) is 13.8 Å². The van der Waals surface area contributed by atoms with E-state index < -0.39 is 11.6 Å². The van der Waals surface area contributed by atoms with E-state index in [0.717, 1.165) is 21.9 Å². The number of benzene rings is 1. The summed E-state index contributed by atoms with van der Waals surface area (Å²) < 4.78 is 34.4. The second-order valence-electron chi connectivity index (χ2n) is 4.00. The van der Waals surface area contributed by atoms with Gasteiger partial charge in [-0.15, -0.1) is 0 Å². The monoisotopic (exact) mass is 330 g/mol. The maximum atomic E-state index is 13.5. The van der Waals surface area contributed by atoms with E-state index in [1.54, 1.807) is 4.68 Å². The van der Waals surface area contributed by atoms with Gasteiger partial charge in [-0.05, 0) is 41.9 Å². The highest BCUT2D eigenvalue weighted by molar-refractivity contribution is 9.10. The van der Waals surface area contributed by atoms with E-state index in [2.05, 4.69) is 21.0 Å². The molecular weight excluding hydrogens is 318 g/mol. The third kappa shape index (κ3) is 2.78. The molecule has 0 atom stereocenters. The van der Waals surface area contributed by atoms with E-state index in [1.165, 1.54) is 12.1 Å². The number of halogens is 3. The number of nitrogens with zero attached hydrogens (tertiary/aromatic N) is 2. The summed E-state index contributed by atoms with van der Waals surface area (Å²) in [5, 5.41) is 4.30. The molecule has 0 N–H and O–H groups in total. The molecule has 3 nitrogen and oxygen atoms in total. The molecule has 0 aliphatic rings. The summed E-state index contributed by atoms with van der Waals surface area (Å²) in [5.74, 6) is -2.00. The van der Waals surface area contributed by atoms with Crippen molar-refractivity contribution in [1.29, 1.82) is 0 Å². The quantitative estimate of drug-likeness (QED) is 0.851. The molecule has 1 heterocycles. The van der Waals surface area contributed by atoms with Crippen LogP contribution in [0.4, 0.5) is 8.78 Å². The van der Waals surface area contributed by atoms with Gasteiger partial charge in [-0.25, -0.2) is 4.39 Å². The molecule has 0 saturated heterocycles. The third-order valence-electron chi connectivity index (χ3n) is 2.73. The molecule has 0 aliphatic carbocycles. The molecule has 2 aromatic rings. The van der Waals surface area contributed by atoms with E-state index in [4.69, 9.17) is 4.74 Å². The number of aryl methyl sites for hydroxylation is 2. The first-order valence-electron chi connectivity index (χ1n) is 5.83. The zero-order valence-corrected chi connectivity index (χ0v) is 12.2. The van der Waals surface area contributed by atoms with E-state index in [9.17, 15) is 8.78 Å². The van der Waals surface area contributed by atoms with E-state index in [0.29, 0.717) is 6.54 Å². The second kappa shape index (κ2) is 5.69. The third-order valence-corrected chi connectivity index (χ3v) is 3.76. The molecule has 0 bridgehead atoms. The molecule has 1 aromatic carbocycles. The lowest BCUT2D eigenvalue weighted by molar-refractivity contribution is 0.272. The van der Waals surface area contributed by atoms with Gasteiger partial charge in [0.05, 0.1) is 15.9 Å². The van der Waals surface area contributed by atoms with Crippen LogP contribution in [0.25, 0.3) is 0 Å². The molecule has 2 rings (SSSR count). The zero-order chi connectivity index (χ0) is 14.0. The van der Waals surface area contributed by atoms with Crippen molar-refractivity contribution in [2.45, 2.75) is 27.0 Å². The summed E-state index contributed by atoms with van der Waals surface area (Å²) in [4.78, 5) is 0. The SMILES string of the molecule is CCn1nc(C)c(Br)c1COc1cccc(F)c1F. The molecule has 19 heavy (non-hydrogen) atoms. The predicted octanol–water partition coefficient (Wildman–Crippen LogP) is 3.83. The zero-order valence-electron chi connectivity index (χ0n) is 10.6. The first kappa shape index (κ1) is 14.0. The van der Waals surface area contributed by atoms with Gasteiger partial charge in [-0.2, -0.15) is 9.49 Å². The van der Waals surface area contributed by atoms with Gasteiger partial charge < -0.3 is 4.74 Å². The Labute approximate surface area is 118 Å². The van der Waals surface area contributed by atoms with Gasteiger partial charge in [0.2, 0.25) is 5.82 Å². The summed E-state index contributed by atoms with van der Waals surface area (Å²) in [7, 11) is 0. The first-order valence-corrected chi connectivity index (χ1v) is 6.62.